The number of pyridine rings is 1. The molecular weight excluding hydrogens is 321 g/mol. The Kier molecular flexibility index (Phi) is 4.46. The van der Waals surface area contributed by atoms with Gasteiger partial charge < -0.3 is 9.64 Å². The molecule has 0 spiro atoms. The first-order valence-corrected chi connectivity index (χ1v) is 8.46. The average Bonchev–Trinajstić information content (AvgIpc) is 3.03. The maximum absolute atomic E-state index is 13.1. The van der Waals surface area contributed by atoms with E-state index < -0.39 is 0 Å². The van der Waals surface area contributed by atoms with Gasteiger partial charge in [0.15, 0.2) is 0 Å². The fourth-order valence-electron chi connectivity index (χ4n) is 3.61. The summed E-state index contributed by atoms with van der Waals surface area (Å²) >= 11 is 0. The molecule has 0 saturated carbocycles. The molecule has 0 bridgehead atoms. The maximum atomic E-state index is 13.1. The fraction of sp³-hybridized carbons (Fsp3) is 0.368. The SMILES string of the molecule is O=C1COC2CN(Cc3cccnc3)CC2N1Cc1ccc(F)cc1. The summed E-state index contributed by atoms with van der Waals surface area (Å²) in [6, 6.07) is 10.3. The molecule has 2 aliphatic heterocycles. The predicted octanol–water partition coefficient (Wildman–Crippen LogP) is 1.83. The molecule has 130 valence electrons. The Hall–Kier alpha value is -2.31. The molecule has 2 aliphatic rings. The molecule has 1 aromatic carbocycles. The molecule has 2 unspecified atom stereocenters. The van der Waals surface area contributed by atoms with Gasteiger partial charge in [0.1, 0.15) is 12.4 Å². The first-order valence-electron chi connectivity index (χ1n) is 8.46. The third-order valence-corrected chi connectivity index (χ3v) is 4.85. The van der Waals surface area contributed by atoms with Crippen molar-refractivity contribution in [2.75, 3.05) is 19.7 Å². The summed E-state index contributed by atoms with van der Waals surface area (Å²) in [7, 11) is 0. The van der Waals surface area contributed by atoms with Gasteiger partial charge in [-0.2, -0.15) is 0 Å². The van der Waals surface area contributed by atoms with Gasteiger partial charge in [-0.05, 0) is 29.3 Å². The number of ether oxygens (including phenoxy) is 1. The lowest BCUT2D eigenvalue weighted by Crippen LogP contribution is -2.53. The van der Waals surface area contributed by atoms with Crippen LogP contribution in [0.25, 0.3) is 0 Å². The number of benzene rings is 1. The van der Waals surface area contributed by atoms with E-state index in [1.807, 2.05) is 17.2 Å². The monoisotopic (exact) mass is 341 g/mol. The van der Waals surface area contributed by atoms with Crippen molar-refractivity contribution in [1.82, 2.24) is 14.8 Å². The predicted molar refractivity (Wildman–Crippen MR) is 90.0 cm³/mol. The first kappa shape index (κ1) is 16.2. The van der Waals surface area contributed by atoms with Gasteiger partial charge in [-0.1, -0.05) is 18.2 Å². The second kappa shape index (κ2) is 6.90. The minimum Gasteiger partial charge on any atom is -0.365 e. The topological polar surface area (TPSA) is 45.7 Å². The van der Waals surface area contributed by atoms with E-state index in [4.69, 9.17) is 4.74 Å². The summed E-state index contributed by atoms with van der Waals surface area (Å²) in [5.74, 6) is -0.271. The van der Waals surface area contributed by atoms with Crippen molar-refractivity contribution in [3.05, 3.63) is 65.7 Å². The molecule has 0 aliphatic carbocycles. The Labute approximate surface area is 146 Å². The van der Waals surface area contributed by atoms with E-state index >= 15 is 0 Å². The Morgan fingerprint density at radius 1 is 1.12 bits per heavy atom. The lowest BCUT2D eigenvalue weighted by molar-refractivity contribution is -0.153. The molecule has 6 heteroatoms. The molecule has 2 fully saturated rings. The minimum atomic E-state index is -0.265. The largest absolute Gasteiger partial charge is 0.365 e. The third kappa shape index (κ3) is 3.55. The number of likely N-dealkylation sites (tertiary alicyclic amines) is 1. The van der Waals surface area contributed by atoms with Crippen LogP contribution >= 0.6 is 0 Å². The second-order valence-electron chi connectivity index (χ2n) is 6.62. The molecule has 5 nitrogen and oxygen atoms in total. The first-order chi connectivity index (χ1) is 12.2. The molecule has 0 radical (unpaired) electrons. The number of hydrogen-bond donors (Lipinski definition) is 0. The van der Waals surface area contributed by atoms with Gasteiger partial charge in [0.2, 0.25) is 5.91 Å². The molecule has 1 aromatic heterocycles. The van der Waals surface area contributed by atoms with Crippen LogP contribution in [0, 0.1) is 5.82 Å². The number of halogens is 1. The van der Waals surface area contributed by atoms with E-state index in [2.05, 4.69) is 16.0 Å². The highest BCUT2D eigenvalue weighted by molar-refractivity contribution is 5.78. The smallest absolute Gasteiger partial charge is 0.249 e. The van der Waals surface area contributed by atoms with Crippen LogP contribution in [0.2, 0.25) is 0 Å². The summed E-state index contributed by atoms with van der Waals surface area (Å²) in [6.45, 7) is 2.97. The highest BCUT2D eigenvalue weighted by Gasteiger charge is 2.42. The number of morpholine rings is 1. The van der Waals surface area contributed by atoms with E-state index in [0.717, 1.165) is 30.8 Å². The van der Waals surface area contributed by atoms with Crippen molar-refractivity contribution in [2.45, 2.75) is 25.2 Å². The zero-order chi connectivity index (χ0) is 17.2. The standard InChI is InChI=1S/C19H20FN3O2/c20-16-5-3-14(4-6-16)10-23-17-11-22(9-15-2-1-7-21-8-15)12-18(17)25-13-19(23)24/h1-8,17-18H,9-13H2. The van der Waals surface area contributed by atoms with Crippen molar-refractivity contribution < 1.29 is 13.9 Å². The summed E-state index contributed by atoms with van der Waals surface area (Å²) in [6.07, 6.45) is 3.65. The van der Waals surface area contributed by atoms with Crippen molar-refractivity contribution in [3.63, 3.8) is 0 Å². The van der Waals surface area contributed by atoms with Crippen LogP contribution < -0.4 is 0 Å². The van der Waals surface area contributed by atoms with Gasteiger partial charge in [0.25, 0.3) is 0 Å². The molecule has 0 N–H and O–H groups in total. The lowest BCUT2D eigenvalue weighted by Gasteiger charge is -2.36. The number of nitrogens with zero attached hydrogens (tertiary/aromatic N) is 3. The summed E-state index contributed by atoms with van der Waals surface area (Å²) in [5.41, 5.74) is 2.08. The van der Waals surface area contributed by atoms with Gasteiger partial charge in [-0.3, -0.25) is 14.7 Å². The number of carbonyl (C=O) groups is 1. The van der Waals surface area contributed by atoms with Crippen molar-refractivity contribution >= 4 is 5.91 Å². The quantitative estimate of drug-likeness (QED) is 0.851. The maximum Gasteiger partial charge on any atom is 0.249 e. The van der Waals surface area contributed by atoms with E-state index in [1.165, 1.54) is 12.1 Å². The van der Waals surface area contributed by atoms with Gasteiger partial charge in [-0.15, -0.1) is 0 Å². The Bertz CT molecular complexity index is 738. The van der Waals surface area contributed by atoms with E-state index in [9.17, 15) is 9.18 Å². The van der Waals surface area contributed by atoms with Gasteiger partial charge in [-0.25, -0.2) is 4.39 Å². The van der Waals surface area contributed by atoms with Crippen LogP contribution in [0.3, 0.4) is 0 Å². The lowest BCUT2D eigenvalue weighted by atomic mass is 10.1. The van der Waals surface area contributed by atoms with Crippen LogP contribution in [-0.4, -0.2) is 52.5 Å². The number of fused-ring (bicyclic) bond motifs is 1. The summed E-state index contributed by atoms with van der Waals surface area (Å²) in [4.78, 5) is 20.7. The normalized spacial score (nSPS) is 23.7. The van der Waals surface area contributed by atoms with Crippen molar-refractivity contribution in [3.8, 4) is 0 Å². The second-order valence-corrected chi connectivity index (χ2v) is 6.62. The van der Waals surface area contributed by atoms with Crippen LogP contribution in [0.5, 0.6) is 0 Å². The fourth-order valence-corrected chi connectivity index (χ4v) is 3.61. The van der Waals surface area contributed by atoms with E-state index in [0.29, 0.717) is 6.54 Å². The van der Waals surface area contributed by atoms with Gasteiger partial charge in [0, 0.05) is 38.6 Å². The zero-order valence-electron chi connectivity index (χ0n) is 13.8. The third-order valence-electron chi connectivity index (χ3n) is 4.85. The Morgan fingerprint density at radius 2 is 1.96 bits per heavy atom. The molecular formula is C19H20FN3O2. The number of carbonyl (C=O) groups excluding carboxylic acids is 1. The van der Waals surface area contributed by atoms with Crippen LogP contribution in [-0.2, 0) is 22.6 Å². The van der Waals surface area contributed by atoms with E-state index in [-0.39, 0.29) is 30.5 Å². The van der Waals surface area contributed by atoms with Crippen LogP contribution in [0.15, 0.2) is 48.8 Å². The van der Waals surface area contributed by atoms with Crippen LogP contribution in [0.4, 0.5) is 4.39 Å². The van der Waals surface area contributed by atoms with Gasteiger partial charge >= 0.3 is 0 Å². The van der Waals surface area contributed by atoms with E-state index in [1.54, 1.807) is 18.3 Å². The highest BCUT2D eigenvalue weighted by atomic mass is 19.1. The highest BCUT2D eigenvalue weighted by Crippen LogP contribution is 2.26. The number of aromatic nitrogens is 1. The molecule has 2 atom stereocenters. The Balaban J connectivity index is 1.46. The summed E-state index contributed by atoms with van der Waals surface area (Å²) < 4.78 is 18.9. The van der Waals surface area contributed by atoms with Gasteiger partial charge in [0.05, 0.1) is 12.1 Å². The average molecular weight is 341 g/mol. The zero-order valence-corrected chi connectivity index (χ0v) is 13.8. The molecule has 1 amide bonds. The number of rotatable bonds is 4. The van der Waals surface area contributed by atoms with Crippen molar-refractivity contribution in [1.29, 1.82) is 0 Å². The number of hydrogen-bond acceptors (Lipinski definition) is 4. The molecule has 4 rings (SSSR count). The Morgan fingerprint density at radius 3 is 2.72 bits per heavy atom. The molecule has 2 saturated heterocycles. The van der Waals surface area contributed by atoms with Crippen LogP contribution in [0.1, 0.15) is 11.1 Å². The van der Waals surface area contributed by atoms with Crippen molar-refractivity contribution in [2.24, 2.45) is 0 Å². The summed E-state index contributed by atoms with van der Waals surface area (Å²) in [5, 5.41) is 0. The minimum absolute atomic E-state index is 0.00574. The molecule has 2 aromatic rings. The molecule has 3 heterocycles. The number of amides is 1. The molecule has 25 heavy (non-hydrogen) atoms.